The van der Waals surface area contributed by atoms with Crippen LogP contribution in [0.2, 0.25) is 5.15 Å². The summed E-state index contributed by atoms with van der Waals surface area (Å²) < 4.78 is 74.9. The van der Waals surface area contributed by atoms with Crippen LogP contribution < -0.4 is 10.5 Å². The zero-order valence-corrected chi connectivity index (χ0v) is 27.9. The highest BCUT2D eigenvalue weighted by Crippen LogP contribution is 2.32. The van der Waals surface area contributed by atoms with E-state index in [1.54, 1.807) is 42.2 Å². The van der Waals surface area contributed by atoms with Gasteiger partial charge in [0, 0.05) is 22.9 Å². The van der Waals surface area contributed by atoms with E-state index in [2.05, 4.69) is 44.0 Å². The molecule has 6 rings (SSSR count). The van der Waals surface area contributed by atoms with Gasteiger partial charge in [0.25, 0.3) is 12.9 Å². The van der Waals surface area contributed by atoms with Crippen LogP contribution in [0, 0.1) is 25.6 Å². The predicted octanol–water partition coefficient (Wildman–Crippen LogP) is 8.01. The molecule has 0 aliphatic rings. The van der Waals surface area contributed by atoms with Gasteiger partial charge in [-0.1, -0.05) is 25.4 Å². The van der Waals surface area contributed by atoms with E-state index in [1.165, 1.54) is 22.7 Å². The van der Waals surface area contributed by atoms with Crippen molar-refractivity contribution in [2.45, 2.75) is 59.4 Å². The number of halogens is 6. The van der Waals surface area contributed by atoms with Crippen LogP contribution in [-0.2, 0) is 0 Å². The van der Waals surface area contributed by atoms with Crippen molar-refractivity contribution in [2.75, 3.05) is 6.61 Å². The predicted molar refractivity (Wildman–Crippen MR) is 174 cm³/mol. The SMILES string of the molecule is Cc1cn2nc(Cl)cc(-c3ccc(F)c(C(F)F)n3)c2n1.Cc1cn2nccc(-c3ccc(OC[C@@](C)(N)CC(C)C)c(C(F)F)n3)c2n1. The lowest BCUT2D eigenvalue weighted by Crippen LogP contribution is -2.43. The van der Waals surface area contributed by atoms with Gasteiger partial charge in [-0.05, 0) is 69.5 Å². The molecule has 49 heavy (non-hydrogen) atoms. The Morgan fingerprint density at radius 3 is 2.08 bits per heavy atom. The van der Waals surface area contributed by atoms with Crippen molar-refractivity contribution in [3.63, 3.8) is 0 Å². The van der Waals surface area contributed by atoms with E-state index >= 15 is 0 Å². The van der Waals surface area contributed by atoms with Crippen LogP contribution in [0.5, 0.6) is 5.75 Å². The molecule has 6 heterocycles. The fourth-order valence-corrected chi connectivity index (χ4v) is 5.54. The Morgan fingerprint density at radius 1 is 0.837 bits per heavy atom. The maximum absolute atomic E-state index is 13.7. The number of aromatic nitrogens is 8. The van der Waals surface area contributed by atoms with Crippen molar-refractivity contribution in [2.24, 2.45) is 11.7 Å². The highest BCUT2D eigenvalue weighted by molar-refractivity contribution is 6.29. The van der Waals surface area contributed by atoms with Crippen LogP contribution in [-0.4, -0.2) is 51.3 Å². The summed E-state index contributed by atoms with van der Waals surface area (Å²) in [7, 11) is 0. The van der Waals surface area contributed by atoms with E-state index in [0.717, 1.165) is 18.2 Å². The zero-order chi connectivity index (χ0) is 35.6. The minimum Gasteiger partial charge on any atom is -0.490 e. The Balaban J connectivity index is 0.000000199. The number of imidazole rings is 2. The fourth-order valence-electron chi connectivity index (χ4n) is 5.35. The topological polar surface area (TPSA) is 121 Å². The summed E-state index contributed by atoms with van der Waals surface area (Å²) in [5, 5.41) is 8.36. The molecular formula is C33H33ClF5N9O. The van der Waals surface area contributed by atoms with Crippen molar-refractivity contribution in [1.82, 2.24) is 39.2 Å². The molecule has 0 saturated heterocycles. The van der Waals surface area contributed by atoms with Gasteiger partial charge >= 0.3 is 0 Å². The molecular weight excluding hydrogens is 669 g/mol. The maximum Gasteiger partial charge on any atom is 0.284 e. The van der Waals surface area contributed by atoms with Crippen LogP contribution in [0.4, 0.5) is 22.0 Å². The summed E-state index contributed by atoms with van der Waals surface area (Å²) in [4.78, 5) is 16.5. The third-order valence-electron chi connectivity index (χ3n) is 7.15. The number of hydrogen-bond acceptors (Lipinski definition) is 8. The second kappa shape index (κ2) is 14.4. The number of hydrogen-bond donors (Lipinski definition) is 1. The molecule has 1 atom stereocenters. The number of alkyl halides is 4. The molecule has 0 radical (unpaired) electrons. The molecule has 10 nitrogen and oxygen atoms in total. The smallest absolute Gasteiger partial charge is 0.284 e. The van der Waals surface area contributed by atoms with Crippen LogP contribution >= 0.6 is 11.6 Å². The Bertz CT molecular complexity index is 2100. The first-order valence-corrected chi connectivity index (χ1v) is 15.5. The normalized spacial score (nSPS) is 13.0. The van der Waals surface area contributed by atoms with E-state index in [9.17, 15) is 22.0 Å². The molecule has 0 aromatic carbocycles. The summed E-state index contributed by atoms with van der Waals surface area (Å²) >= 11 is 5.91. The molecule has 16 heteroatoms. The van der Waals surface area contributed by atoms with Crippen molar-refractivity contribution >= 4 is 22.9 Å². The van der Waals surface area contributed by atoms with Crippen molar-refractivity contribution in [1.29, 1.82) is 0 Å². The number of nitrogens with zero attached hydrogens (tertiary/aromatic N) is 8. The average Bonchev–Trinajstić information content (AvgIpc) is 3.59. The minimum atomic E-state index is -3.00. The molecule has 2 N–H and O–H groups in total. The standard InChI is InChI=1S/C20H25F2N5O.C13H8ClF3N4/c1-12(2)9-20(4,23)11-28-16-6-5-15(26-17(16)18(21)22)14-7-8-24-27-10-13(3)25-19(14)27;1-6-5-21-13(18-6)7(4-10(14)20-21)9-3-2-8(15)11(19-9)12(16)17/h5-8,10,12,18H,9,11,23H2,1-4H3;2-5,12H,1H3/t20-;/m0./s1. The lowest BCUT2D eigenvalue weighted by molar-refractivity contribution is 0.134. The molecule has 258 valence electrons. The first-order valence-electron chi connectivity index (χ1n) is 15.1. The van der Waals surface area contributed by atoms with Gasteiger partial charge < -0.3 is 10.5 Å². The van der Waals surface area contributed by atoms with E-state index < -0.39 is 35.6 Å². The molecule has 0 unspecified atom stereocenters. The second-order valence-corrected chi connectivity index (χ2v) is 12.6. The largest absolute Gasteiger partial charge is 0.490 e. The van der Waals surface area contributed by atoms with Gasteiger partial charge in [0.2, 0.25) is 0 Å². The Labute approximate surface area is 283 Å². The van der Waals surface area contributed by atoms with Crippen LogP contribution in [0.15, 0.2) is 55.0 Å². The Morgan fingerprint density at radius 2 is 1.43 bits per heavy atom. The summed E-state index contributed by atoms with van der Waals surface area (Å²) in [6, 6.07) is 8.58. The quantitative estimate of drug-likeness (QED) is 0.151. The molecule has 0 amide bonds. The Kier molecular flexibility index (Phi) is 10.4. The van der Waals surface area contributed by atoms with Gasteiger partial charge in [-0.3, -0.25) is 0 Å². The lowest BCUT2D eigenvalue weighted by atomic mass is 9.93. The average molecular weight is 702 g/mol. The summed E-state index contributed by atoms with van der Waals surface area (Å²) in [6.45, 7) is 9.69. The molecule has 6 aromatic heterocycles. The first-order chi connectivity index (χ1) is 23.1. The summed E-state index contributed by atoms with van der Waals surface area (Å²) in [5.41, 5.74) is 8.32. The van der Waals surface area contributed by atoms with Gasteiger partial charge in [0.05, 0.1) is 35.2 Å². The molecule has 0 aliphatic carbocycles. The van der Waals surface area contributed by atoms with E-state index in [4.69, 9.17) is 22.1 Å². The minimum absolute atomic E-state index is 0.0452. The molecule has 0 fully saturated rings. The number of rotatable bonds is 9. The number of fused-ring (bicyclic) bond motifs is 2. The van der Waals surface area contributed by atoms with Gasteiger partial charge in [-0.25, -0.2) is 50.9 Å². The van der Waals surface area contributed by atoms with E-state index in [-0.39, 0.29) is 23.2 Å². The molecule has 0 spiro atoms. The van der Waals surface area contributed by atoms with Crippen LogP contribution in [0.25, 0.3) is 33.8 Å². The molecule has 0 saturated carbocycles. The highest BCUT2D eigenvalue weighted by Gasteiger charge is 2.25. The van der Waals surface area contributed by atoms with Crippen molar-refractivity contribution in [3.05, 3.63) is 88.7 Å². The van der Waals surface area contributed by atoms with Crippen LogP contribution in [0.3, 0.4) is 0 Å². The third-order valence-corrected chi connectivity index (χ3v) is 7.34. The zero-order valence-electron chi connectivity index (χ0n) is 27.2. The fraction of sp³-hybridized carbons (Fsp3) is 0.333. The number of nitrogens with two attached hydrogens (primary N) is 1. The van der Waals surface area contributed by atoms with Crippen molar-refractivity contribution in [3.8, 4) is 28.3 Å². The monoisotopic (exact) mass is 701 g/mol. The number of aryl methyl sites for hydroxylation is 2. The second-order valence-electron chi connectivity index (χ2n) is 12.2. The van der Waals surface area contributed by atoms with Gasteiger partial charge in [-0.2, -0.15) is 10.2 Å². The Hall–Kier alpha value is -4.76. The molecule has 0 aliphatic heterocycles. The highest BCUT2D eigenvalue weighted by atomic mass is 35.5. The van der Waals surface area contributed by atoms with E-state index in [1.807, 2.05) is 13.8 Å². The molecule has 6 aromatic rings. The van der Waals surface area contributed by atoms with E-state index in [0.29, 0.717) is 39.7 Å². The first kappa shape index (κ1) is 35.5. The lowest BCUT2D eigenvalue weighted by Gasteiger charge is -2.27. The molecule has 0 bridgehead atoms. The van der Waals surface area contributed by atoms with Crippen LogP contribution in [0.1, 0.15) is 62.8 Å². The number of ether oxygens (including phenoxy) is 1. The van der Waals surface area contributed by atoms with Gasteiger partial charge in [0.1, 0.15) is 23.7 Å². The van der Waals surface area contributed by atoms with Gasteiger partial charge in [-0.15, -0.1) is 0 Å². The number of pyridine rings is 2. The third kappa shape index (κ3) is 8.28. The van der Waals surface area contributed by atoms with Crippen molar-refractivity contribution < 1.29 is 26.7 Å². The van der Waals surface area contributed by atoms with Gasteiger partial charge in [0.15, 0.2) is 22.3 Å². The summed E-state index contributed by atoms with van der Waals surface area (Å²) in [5.74, 6) is -0.631. The summed E-state index contributed by atoms with van der Waals surface area (Å²) in [6.07, 6.45) is -0.0630. The maximum atomic E-state index is 13.7.